The lowest BCUT2D eigenvalue weighted by molar-refractivity contribution is -0.125. The molecule has 0 unspecified atom stereocenters. The number of rotatable bonds is 4. The topological polar surface area (TPSA) is 65.2 Å². The first-order valence-electron chi connectivity index (χ1n) is 7.86. The zero-order valence-electron chi connectivity index (χ0n) is 13.3. The first-order valence-corrected chi connectivity index (χ1v) is 9.02. The van der Waals surface area contributed by atoms with Crippen LogP contribution in [-0.2, 0) is 4.79 Å². The van der Waals surface area contributed by atoms with Gasteiger partial charge in [0, 0.05) is 29.1 Å². The SMILES string of the molecule is CC[C@@H](C)NC(=O)[C@H]1CSCN1C(=O)c1ccc2cc[nH]c2c1. The maximum absolute atomic E-state index is 12.8. The summed E-state index contributed by atoms with van der Waals surface area (Å²) in [4.78, 5) is 30.0. The van der Waals surface area contributed by atoms with Crippen LogP contribution in [0.1, 0.15) is 30.6 Å². The van der Waals surface area contributed by atoms with Crippen LogP contribution in [0, 0.1) is 0 Å². The minimum Gasteiger partial charge on any atom is -0.361 e. The Labute approximate surface area is 139 Å². The van der Waals surface area contributed by atoms with Crippen LogP contribution >= 0.6 is 11.8 Å². The molecule has 23 heavy (non-hydrogen) atoms. The van der Waals surface area contributed by atoms with Gasteiger partial charge in [-0.3, -0.25) is 9.59 Å². The van der Waals surface area contributed by atoms with Crippen LogP contribution in [0.2, 0.25) is 0 Å². The van der Waals surface area contributed by atoms with Gasteiger partial charge in [0.05, 0.1) is 5.88 Å². The van der Waals surface area contributed by atoms with Gasteiger partial charge in [-0.1, -0.05) is 13.0 Å². The molecule has 2 amide bonds. The van der Waals surface area contributed by atoms with E-state index in [9.17, 15) is 9.59 Å². The highest BCUT2D eigenvalue weighted by molar-refractivity contribution is 7.99. The number of aromatic nitrogens is 1. The quantitative estimate of drug-likeness (QED) is 0.905. The minimum absolute atomic E-state index is 0.0568. The molecule has 1 aliphatic rings. The molecule has 2 aromatic rings. The van der Waals surface area contributed by atoms with Gasteiger partial charge < -0.3 is 15.2 Å². The Bertz CT molecular complexity index is 727. The average Bonchev–Trinajstić information content (AvgIpc) is 3.21. The molecule has 3 rings (SSSR count). The summed E-state index contributed by atoms with van der Waals surface area (Å²) >= 11 is 1.62. The Kier molecular flexibility index (Phi) is 4.61. The number of hydrogen-bond donors (Lipinski definition) is 2. The number of hydrogen-bond acceptors (Lipinski definition) is 3. The molecule has 0 spiro atoms. The van der Waals surface area contributed by atoms with Crippen LogP contribution in [-0.4, -0.2) is 45.4 Å². The van der Waals surface area contributed by atoms with Crippen LogP contribution in [0.5, 0.6) is 0 Å². The number of amides is 2. The first-order chi connectivity index (χ1) is 11.1. The Morgan fingerprint density at radius 1 is 1.43 bits per heavy atom. The van der Waals surface area contributed by atoms with Crippen LogP contribution < -0.4 is 5.32 Å². The van der Waals surface area contributed by atoms with E-state index in [-0.39, 0.29) is 23.9 Å². The molecule has 0 saturated carbocycles. The lowest BCUT2D eigenvalue weighted by Crippen LogP contribution is -2.49. The smallest absolute Gasteiger partial charge is 0.255 e. The van der Waals surface area contributed by atoms with Crippen molar-refractivity contribution in [3.05, 3.63) is 36.0 Å². The molecule has 2 heterocycles. The van der Waals surface area contributed by atoms with Crippen molar-refractivity contribution < 1.29 is 9.59 Å². The molecule has 1 aromatic carbocycles. The number of nitrogens with zero attached hydrogens (tertiary/aromatic N) is 1. The Hall–Kier alpha value is -1.95. The van der Waals surface area contributed by atoms with Gasteiger partial charge in [-0.25, -0.2) is 0 Å². The van der Waals surface area contributed by atoms with E-state index in [0.717, 1.165) is 17.3 Å². The first kappa shape index (κ1) is 15.9. The number of carbonyl (C=O) groups is 2. The summed E-state index contributed by atoms with van der Waals surface area (Å²) in [6, 6.07) is 7.31. The molecule has 0 aliphatic carbocycles. The summed E-state index contributed by atoms with van der Waals surface area (Å²) in [6.07, 6.45) is 2.73. The maximum Gasteiger partial charge on any atom is 0.255 e. The standard InChI is InChI=1S/C17H21N3O2S/c1-3-11(2)19-16(21)15-9-23-10-20(15)17(22)13-5-4-12-6-7-18-14(12)8-13/h4-8,11,15,18H,3,9-10H2,1-2H3,(H,19,21)/t11-,15-/m1/s1. The van der Waals surface area contributed by atoms with E-state index in [4.69, 9.17) is 0 Å². The average molecular weight is 331 g/mol. The van der Waals surface area contributed by atoms with Crippen LogP contribution in [0.15, 0.2) is 30.5 Å². The highest BCUT2D eigenvalue weighted by Crippen LogP contribution is 2.24. The van der Waals surface area contributed by atoms with Crippen molar-refractivity contribution in [2.75, 3.05) is 11.6 Å². The van der Waals surface area contributed by atoms with Gasteiger partial charge in [-0.15, -0.1) is 11.8 Å². The fourth-order valence-electron chi connectivity index (χ4n) is 2.65. The van der Waals surface area contributed by atoms with Crippen molar-refractivity contribution in [2.45, 2.75) is 32.4 Å². The van der Waals surface area contributed by atoms with Crippen LogP contribution in [0.4, 0.5) is 0 Å². The highest BCUT2D eigenvalue weighted by atomic mass is 32.2. The number of aromatic amines is 1. The number of H-pyrrole nitrogens is 1. The third-order valence-electron chi connectivity index (χ3n) is 4.25. The normalized spacial score (nSPS) is 19.0. The number of carbonyl (C=O) groups excluding carboxylic acids is 2. The van der Waals surface area contributed by atoms with E-state index in [1.165, 1.54) is 0 Å². The molecule has 2 atom stereocenters. The van der Waals surface area contributed by atoms with Crippen molar-refractivity contribution in [3.63, 3.8) is 0 Å². The van der Waals surface area contributed by atoms with Crippen LogP contribution in [0.3, 0.4) is 0 Å². The molecule has 1 saturated heterocycles. The molecule has 1 aliphatic heterocycles. The maximum atomic E-state index is 12.8. The fraction of sp³-hybridized carbons (Fsp3) is 0.412. The second-order valence-electron chi connectivity index (χ2n) is 5.89. The molecule has 5 nitrogen and oxygen atoms in total. The molecule has 0 radical (unpaired) electrons. The Morgan fingerprint density at radius 2 is 2.26 bits per heavy atom. The lowest BCUT2D eigenvalue weighted by Gasteiger charge is -2.24. The summed E-state index contributed by atoms with van der Waals surface area (Å²) < 4.78 is 0. The van der Waals surface area contributed by atoms with Crippen molar-refractivity contribution >= 4 is 34.5 Å². The van der Waals surface area contributed by atoms with Gasteiger partial charge in [0.2, 0.25) is 5.91 Å². The fourth-order valence-corrected chi connectivity index (χ4v) is 3.80. The predicted octanol–water partition coefficient (Wildman–Crippen LogP) is 2.60. The lowest BCUT2D eigenvalue weighted by atomic mass is 10.1. The summed E-state index contributed by atoms with van der Waals surface area (Å²) in [5.41, 5.74) is 1.55. The molecule has 122 valence electrons. The van der Waals surface area contributed by atoms with Gasteiger partial charge in [-0.05, 0) is 36.9 Å². The summed E-state index contributed by atoms with van der Waals surface area (Å²) in [5.74, 6) is 1.06. The minimum atomic E-state index is -0.388. The van der Waals surface area contributed by atoms with Gasteiger partial charge in [-0.2, -0.15) is 0 Å². The third-order valence-corrected chi connectivity index (χ3v) is 5.26. The molecule has 2 N–H and O–H groups in total. The second-order valence-corrected chi connectivity index (χ2v) is 6.89. The summed E-state index contributed by atoms with van der Waals surface area (Å²) in [5, 5.41) is 4.05. The monoisotopic (exact) mass is 331 g/mol. The number of fused-ring (bicyclic) bond motifs is 1. The zero-order valence-corrected chi connectivity index (χ0v) is 14.2. The molecule has 1 fully saturated rings. The van der Waals surface area contributed by atoms with Gasteiger partial charge in [0.15, 0.2) is 0 Å². The molecular weight excluding hydrogens is 310 g/mol. The third kappa shape index (κ3) is 3.22. The number of thioether (sulfide) groups is 1. The summed E-state index contributed by atoms with van der Waals surface area (Å²) in [7, 11) is 0. The van der Waals surface area contributed by atoms with Crippen molar-refractivity contribution in [1.82, 2.24) is 15.2 Å². The second kappa shape index (κ2) is 6.66. The van der Waals surface area contributed by atoms with Gasteiger partial charge in [0.25, 0.3) is 5.91 Å². The van der Waals surface area contributed by atoms with E-state index < -0.39 is 0 Å². The molecule has 1 aromatic heterocycles. The number of nitrogens with one attached hydrogen (secondary N) is 2. The molecular formula is C17H21N3O2S. The van der Waals surface area contributed by atoms with E-state index >= 15 is 0 Å². The van der Waals surface area contributed by atoms with Crippen molar-refractivity contribution in [3.8, 4) is 0 Å². The zero-order chi connectivity index (χ0) is 16.4. The number of benzene rings is 1. The molecule has 0 bridgehead atoms. The Morgan fingerprint density at radius 3 is 3.04 bits per heavy atom. The molecule has 6 heteroatoms. The van der Waals surface area contributed by atoms with Gasteiger partial charge >= 0.3 is 0 Å². The predicted molar refractivity (Wildman–Crippen MR) is 93.5 cm³/mol. The van der Waals surface area contributed by atoms with E-state index in [2.05, 4.69) is 10.3 Å². The summed E-state index contributed by atoms with van der Waals surface area (Å²) in [6.45, 7) is 4.01. The van der Waals surface area contributed by atoms with E-state index in [1.807, 2.05) is 44.3 Å². The van der Waals surface area contributed by atoms with Crippen molar-refractivity contribution in [2.24, 2.45) is 0 Å². The highest BCUT2D eigenvalue weighted by Gasteiger charge is 2.35. The van der Waals surface area contributed by atoms with E-state index in [1.54, 1.807) is 16.7 Å². The van der Waals surface area contributed by atoms with Gasteiger partial charge in [0.1, 0.15) is 6.04 Å². The largest absolute Gasteiger partial charge is 0.361 e. The Balaban J connectivity index is 1.78. The van der Waals surface area contributed by atoms with Crippen molar-refractivity contribution in [1.29, 1.82) is 0 Å². The van der Waals surface area contributed by atoms with Crippen LogP contribution in [0.25, 0.3) is 10.9 Å². The van der Waals surface area contributed by atoms with E-state index in [0.29, 0.717) is 17.2 Å².